The lowest BCUT2D eigenvalue weighted by molar-refractivity contribution is 1.43. The molecule has 0 saturated heterocycles. The minimum Gasteiger partial charge on any atom is -0.384 e. The second kappa shape index (κ2) is 2.36. The van der Waals surface area contributed by atoms with Crippen LogP contribution in [0, 0.1) is 0 Å². The summed E-state index contributed by atoms with van der Waals surface area (Å²) < 4.78 is 1.82. The van der Waals surface area contributed by atoms with E-state index in [0.29, 0.717) is 5.82 Å². The quantitative estimate of drug-likeness (QED) is 0.684. The highest BCUT2D eigenvalue weighted by Gasteiger charge is 1.99. The van der Waals surface area contributed by atoms with E-state index in [1.165, 1.54) is 11.3 Å². The van der Waals surface area contributed by atoms with E-state index in [-0.39, 0.29) is 0 Å². The molecule has 0 aliphatic rings. The third kappa shape index (κ3) is 1.17. The van der Waals surface area contributed by atoms with Gasteiger partial charge in [0.2, 0.25) is 0 Å². The molecule has 0 bridgehead atoms. The number of halogens is 1. The Bertz CT molecular complexity index is 396. The Kier molecular flexibility index (Phi) is 1.47. The Morgan fingerprint density at radius 2 is 2.27 bits per heavy atom. The fourth-order valence-electron chi connectivity index (χ4n) is 0.910. The van der Waals surface area contributed by atoms with Crippen molar-refractivity contribution in [2.45, 2.75) is 0 Å². The minimum atomic E-state index is 0.534. The molecule has 0 aliphatic heterocycles. The fourth-order valence-corrected chi connectivity index (χ4v) is 1.99. The summed E-state index contributed by atoms with van der Waals surface area (Å²) in [5.74, 6) is 0.534. The number of thiophene rings is 1. The van der Waals surface area contributed by atoms with Crippen molar-refractivity contribution in [3.05, 3.63) is 22.5 Å². The van der Waals surface area contributed by atoms with E-state index in [4.69, 9.17) is 17.3 Å². The first-order chi connectivity index (χ1) is 5.25. The summed E-state index contributed by atoms with van der Waals surface area (Å²) >= 11 is 7.28. The number of nitrogens with two attached hydrogens (primary N) is 1. The predicted molar refractivity (Wildman–Crippen MR) is 49.0 cm³/mol. The molecule has 4 heteroatoms. The minimum absolute atomic E-state index is 0.534. The van der Waals surface area contributed by atoms with Gasteiger partial charge in [0.1, 0.15) is 5.82 Å². The lowest BCUT2D eigenvalue weighted by Crippen LogP contribution is -1.86. The van der Waals surface area contributed by atoms with E-state index >= 15 is 0 Å². The average Bonchev–Trinajstić information content (AvgIpc) is 2.27. The van der Waals surface area contributed by atoms with Gasteiger partial charge in [-0.25, -0.2) is 4.98 Å². The standard InChI is InChI=1S/C7H5ClN2S/c8-6-3-4-5(11-6)1-2-7(9)10-4/h1-3H,(H2,9,10). The van der Waals surface area contributed by atoms with Crippen molar-refractivity contribution in [3.63, 3.8) is 0 Å². The summed E-state index contributed by atoms with van der Waals surface area (Å²) in [6.45, 7) is 0. The van der Waals surface area contributed by atoms with Gasteiger partial charge in [0, 0.05) is 0 Å². The zero-order valence-corrected chi connectivity index (χ0v) is 7.12. The number of anilines is 1. The van der Waals surface area contributed by atoms with Crippen molar-refractivity contribution < 1.29 is 0 Å². The summed E-state index contributed by atoms with van der Waals surface area (Å²) in [4.78, 5) is 4.10. The van der Waals surface area contributed by atoms with Gasteiger partial charge < -0.3 is 5.73 Å². The van der Waals surface area contributed by atoms with Crippen LogP contribution in [0.5, 0.6) is 0 Å². The molecular formula is C7H5ClN2S. The van der Waals surface area contributed by atoms with E-state index in [2.05, 4.69) is 4.98 Å². The monoisotopic (exact) mass is 184 g/mol. The van der Waals surface area contributed by atoms with Gasteiger partial charge in [-0.1, -0.05) is 11.6 Å². The lowest BCUT2D eigenvalue weighted by atomic mass is 10.4. The zero-order valence-electron chi connectivity index (χ0n) is 5.54. The van der Waals surface area contributed by atoms with Crippen LogP contribution < -0.4 is 5.73 Å². The van der Waals surface area contributed by atoms with Gasteiger partial charge in [0.15, 0.2) is 0 Å². The van der Waals surface area contributed by atoms with Crippen molar-refractivity contribution in [2.24, 2.45) is 0 Å². The number of nitrogen functional groups attached to an aromatic ring is 1. The Morgan fingerprint density at radius 3 is 3.09 bits per heavy atom. The van der Waals surface area contributed by atoms with Crippen LogP contribution in [-0.2, 0) is 0 Å². The molecule has 2 rings (SSSR count). The molecule has 2 aromatic rings. The number of nitrogens with zero attached hydrogens (tertiary/aromatic N) is 1. The second-order valence-electron chi connectivity index (χ2n) is 2.17. The van der Waals surface area contributed by atoms with E-state index in [9.17, 15) is 0 Å². The normalized spacial score (nSPS) is 10.6. The van der Waals surface area contributed by atoms with Crippen molar-refractivity contribution in [1.82, 2.24) is 4.98 Å². The van der Waals surface area contributed by atoms with Gasteiger partial charge in [-0.3, -0.25) is 0 Å². The third-order valence-corrected chi connectivity index (χ3v) is 2.58. The van der Waals surface area contributed by atoms with Gasteiger partial charge in [0.25, 0.3) is 0 Å². The first-order valence-corrected chi connectivity index (χ1v) is 4.27. The number of hydrogen-bond donors (Lipinski definition) is 1. The number of rotatable bonds is 0. The van der Waals surface area contributed by atoms with Crippen LogP contribution in [0.1, 0.15) is 0 Å². The molecule has 0 aromatic carbocycles. The first-order valence-electron chi connectivity index (χ1n) is 3.07. The van der Waals surface area contributed by atoms with E-state index in [1.807, 2.05) is 12.1 Å². The fraction of sp³-hybridized carbons (Fsp3) is 0. The maximum atomic E-state index is 5.77. The molecule has 0 aliphatic carbocycles. The second-order valence-corrected chi connectivity index (χ2v) is 3.89. The molecule has 2 nitrogen and oxygen atoms in total. The Hall–Kier alpha value is -0.800. The van der Waals surface area contributed by atoms with Crippen LogP contribution in [0.25, 0.3) is 10.2 Å². The zero-order chi connectivity index (χ0) is 7.84. The van der Waals surface area contributed by atoms with Gasteiger partial charge >= 0.3 is 0 Å². The van der Waals surface area contributed by atoms with E-state index in [1.54, 1.807) is 6.07 Å². The molecule has 56 valence electrons. The van der Waals surface area contributed by atoms with Crippen LogP contribution in [0.3, 0.4) is 0 Å². The molecule has 0 radical (unpaired) electrons. The molecule has 2 heterocycles. The summed E-state index contributed by atoms with van der Waals surface area (Å²) in [6, 6.07) is 5.52. The molecule has 2 N–H and O–H groups in total. The number of hydrogen-bond acceptors (Lipinski definition) is 3. The van der Waals surface area contributed by atoms with Crippen LogP contribution in [-0.4, -0.2) is 4.98 Å². The van der Waals surface area contributed by atoms with Crippen LogP contribution >= 0.6 is 22.9 Å². The van der Waals surface area contributed by atoms with E-state index in [0.717, 1.165) is 14.6 Å². The van der Waals surface area contributed by atoms with Gasteiger partial charge in [0.05, 0.1) is 14.6 Å². The molecule has 2 aromatic heterocycles. The molecule has 0 atom stereocenters. The highest BCUT2D eigenvalue weighted by molar-refractivity contribution is 7.22. The van der Waals surface area contributed by atoms with Crippen LogP contribution in [0.15, 0.2) is 18.2 Å². The van der Waals surface area contributed by atoms with Crippen LogP contribution in [0.4, 0.5) is 5.82 Å². The van der Waals surface area contributed by atoms with Gasteiger partial charge in [-0.2, -0.15) is 0 Å². The predicted octanol–water partition coefficient (Wildman–Crippen LogP) is 2.53. The SMILES string of the molecule is Nc1ccc2sc(Cl)cc2n1. The Balaban J connectivity index is 2.82. The van der Waals surface area contributed by atoms with Gasteiger partial charge in [-0.05, 0) is 18.2 Å². The molecule has 0 unspecified atom stereocenters. The van der Waals surface area contributed by atoms with Crippen molar-refractivity contribution in [3.8, 4) is 0 Å². The molecule has 0 amide bonds. The first kappa shape index (κ1) is 6.88. The average molecular weight is 185 g/mol. The molecule has 0 spiro atoms. The van der Waals surface area contributed by atoms with E-state index < -0.39 is 0 Å². The molecule has 11 heavy (non-hydrogen) atoms. The molecule has 0 saturated carbocycles. The molecular weight excluding hydrogens is 180 g/mol. The lowest BCUT2D eigenvalue weighted by Gasteiger charge is -1.89. The summed E-state index contributed by atoms with van der Waals surface area (Å²) in [5, 5.41) is 0. The largest absolute Gasteiger partial charge is 0.384 e. The Morgan fingerprint density at radius 1 is 1.45 bits per heavy atom. The third-order valence-electron chi connectivity index (χ3n) is 1.37. The number of pyridine rings is 1. The molecule has 0 fully saturated rings. The number of fused-ring (bicyclic) bond motifs is 1. The van der Waals surface area contributed by atoms with Crippen molar-refractivity contribution >= 4 is 39.0 Å². The number of aromatic nitrogens is 1. The highest BCUT2D eigenvalue weighted by Crippen LogP contribution is 2.28. The smallest absolute Gasteiger partial charge is 0.124 e. The maximum absolute atomic E-state index is 5.77. The topological polar surface area (TPSA) is 38.9 Å². The van der Waals surface area contributed by atoms with Crippen molar-refractivity contribution in [2.75, 3.05) is 5.73 Å². The highest BCUT2D eigenvalue weighted by atomic mass is 35.5. The maximum Gasteiger partial charge on any atom is 0.124 e. The summed E-state index contributed by atoms with van der Waals surface area (Å²) in [5.41, 5.74) is 6.36. The van der Waals surface area contributed by atoms with Gasteiger partial charge in [-0.15, -0.1) is 11.3 Å². The van der Waals surface area contributed by atoms with Crippen molar-refractivity contribution in [1.29, 1.82) is 0 Å². The van der Waals surface area contributed by atoms with Crippen LogP contribution in [0.2, 0.25) is 4.34 Å². The Labute approximate surface area is 72.6 Å². The summed E-state index contributed by atoms with van der Waals surface area (Å²) in [7, 11) is 0. The summed E-state index contributed by atoms with van der Waals surface area (Å²) in [6.07, 6.45) is 0.